The van der Waals surface area contributed by atoms with Crippen LogP contribution in [0.2, 0.25) is 0 Å². The molecule has 224 valence electrons. The Hall–Kier alpha value is -3.09. The van der Waals surface area contributed by atoms with Crippen molar-refractivity contribution in [1.82, 2.24) is 0 Å². The quantitative estimate of drug-likeness (QED) is 0.155. The summed E-state index contributed by atoms with van der Waals surface area (Å²) in [5, 5.41) is 35.2. The van der Waals surface area contributed by atoms with Gasteiger partial charge in [-0.15, -0.1) is 0 Å². The number of rotatable bonds is 3. The summed E-state index contributed by atoms with van der Waals surface area (Å²) in [6.45, 7) is 7.07. The highest BCUT2D eigenvalue weighted by molar-refractivity contribution is 6.04. The number of carbonyl (C=O) groups is 2. The second kappa shape index (κ2) is 15.6. The van der Waals surface area contributed by atoms with Crippen LogP contribution in [0.3, 0.4) is 0 Å². The molecule has 9 N–H and O–H groups in total. The van der Waals surface area contributed by atoms with Gasteiger partial charge in [0.25, 0.3) is 5.91 Å². The van der Waals surface area contributed by atoms with Crippen molar-refractivity contribution in [3.8, 4) is 11.5 Å². The number of halogens is 1. The number of nitrogens with two attached hydrogens (primary N) is 1. The van der Waals surface area contributed by atoms with Gasteiger partial charge >= 0.3 is 6.09 Å². The lowest BCUT2D eigenvalue weighted by atomic mass is 9.87. The Kier molecular flexibility index (Phi) is 13.7. The minimum atomic E-state index is -0.987. The van der Waals surface area contributed by atoms with E-state index in [-0.39, 0.29) is 41.2 Å². The van der Waals surface area contributed by atoms with Crippen LogP contribution in [0.25, 0.3) is 0 Å². The second-order valence-corrected chi connectivity index (χ2v) is 10.1. The number of allylic oxidation sites excluding steroid dienone is 2. The van der Waals surface area contributed by atoms with Gasteiger partial charge in [-0.05, 0) is 38.2 Å². The number of aliphatic hydroxyl groups is 1. The van der Waals surface area contributed by atoms with E-state index in [2.05, 4.69) is 11.1 Å². The summed E-state index contributed by atoms with van der Waals surface area (Å²) >= 11 is 0. The number of phenols is 2. The number of nitrogens with one attached hydrogen (secondary N) is 1. The third-order valence-corrected chi connectivity index (χ3v) is 6.95. The van der Waals surface area contributed by atoms with E-state index in [0.29, 0.717) is 29.6 Å². The minimum Gasteiger partial charge on any atom is -1.00 e. The molecule has 1 aromatic rings. The molecule has 1 heterocycles. The number of anilines is 1. The van der Waals surface area contributed by atoms with Gasteiger partial charge in [-0.25, -0.2) is 4.79 Å². The third-order valence-electron chi connectivity index (χ3n) is 6.95. The Morgan fingerprint density at radius 2 is 1.82 bits per heavy atom. The first kappa shape index (κ1) is 34.9. The molecule has 0 fully saturated rings. The van der Waals surface area contributed by atoms with Gasteiger partial charge in [-0.1, -0.05) is 38.2 Å². The van der Waals surface area contributed by atoms with Gasteiger partial charge in [0.05, 0.1) is 23.5 Å². The van der Waals surface area contributed by atoms with Crippen LogP contribution in [0.15, 0.2) is 41.5 Å². The summed E-state index contributed by atoms with van der Waals surface area (Å²) in [5.41, 5.74) is 10.8. The number of aliphatic hydroxyl groups excluding tert-OH is 1. The molecule has 0 radical (unpaired) electrons. The molecule has 11 nitrogen and oxygen atoms in total. The molecule has 0 saturated heterocycles. The number of aromatic hydroxyl groups is 2. The predicted molar refractivity (Wildman–Crippen MR) is 146 cm³/mol. The summed E-state index contributed by atoms with van der Waals surface area (Å²) < 4.78 is 16.5. The molecule has 0 aliphatic carbocycles. The number of benzene rings is 1. The molecule has 2 bridgehead atoms. The average molecular weight is 584 g/mol. The topological polar surface area (TPSA) is 188 Å². The molecule has 6 atom stereocenters. The number of ether oxygens (including phenoxy) is 3. The van der Waals surface area contributed by atoms with Gasteiger partial charge in [0, 0.05) is 31.8 Å². The lowest BCUT2D eigenvalue weighted by Gasteiger charge is -2.29. The van der Waals surface area contributed by atoms with Gasteiger partial charge in [0.1, 0.15) is 11.9 Å². The van der Waals surface area contributed by atoms with Crippen molar-refractivity contribution < 1.29 is 57.3 Å². The fourth-order valence-corrected chi connectivity index (χ4v) is 4.67. The Labute approximate surface area is 241 Å². The summed E-state index contributed by atoms with van der Waals surface area (Å²) in [6, 6.07) is 1.25. The van der Waals surface area contributed by atoms with Gasteiger partial charge in [0.2, 0.25) is 0 Å². The number of amides is 2. The van der Waals surface area contributed by atoms with Crippen molar-refractivity contribution >= 4 is 23.4 Å². The Bertz CT molecular complexity index is 1140. The van der Waals surface area contributed by atoms with Crippen molar-refractivity contribution in [2.45, 2.75) is 65.0 Å². The number of primary amides is 1. The van der Waals surface area contributed by atoms with Crippen molar-refractivity contribution in [3.05, 3.63) is 47.1 Å². The molecule has 2 rings (SSSR count). The molecule has 40 heavy (non-hydrogen) atoms. The van der Waals surface area contributed by atoms with Crippen molar-refractivity contribution in [2.75, 3.05) is 19.5 Å². The van der Waals surface area contributed by atoms with Gasteiger partial charge < -0.3 is 58.7 Å². The third kappa shape index (κ3) is 8.97. The smallest absolute Gasteiger partial charge is 0.405 e. The molecular weight excluding hydrogens is 542 g/mol. The van der Waals surface area contributed by atoms with Crippen LogP contribution in [0.5, 0.6) is 11.5 Å². The number of fused-ring (bicyclic) bond motifs is 2. The van der Waals surface area contributed by atoms with Crippen LogP contribution in [0.4, 0.5) is 16.2 Å². The van der Waals surface area contributed by atoms with Crippen LogP contribution in [0, 0.1) is 11.8 Å². The molecule has 1 aromatic carbocycles. The highest BCUT2D eigenvalue weighted by atomic mass is 35.5. The molecule has 0 aromatic heterocycles. The summed E-state index contributed by atoms with van der Waals surface area (Å²) in [4.78, 5) is 24.5. The van der Waals surface area contributed by atoms with Gasteiger partial charge in [-0.3, -0.25) is 4.79 Å². The molecular formula is C28H42ClN3O8. The maximum Gasteiger partial charge on any atom is 0.405 e. The zero-order chi connectivity index (χ0) is 29.4. The van der Waals surface area contributed by atoms with E-state index >= 15 is 0 Å². The van der Waals surface area contributed by atoms with E-state index in [1.807, 2.05) is 13.8 Å². The van der Waals surface area contributed by atoms with Crippen LogP contribution in [-0.2, 0) is 25.4 Å². The first-order valence-electron chi connectivity index (χ1n) is 12.7. The van der Waals surface area contributed by atoms with E-state index in [1.165, 1.54) is 26.4 Å². The molecule has 1 aliphatic heterocycles. The van der Waals surface area contributed by atoms with Crippen LogP contribution < -0.4 is 29.2 Å². The van der Waals surface area contributed by atoms with Crippen LogP contribution >= 0.6 is 0 Å². The molecule has 0 saturated carbocycles. The SMILES string of the molecule is CO[C@H]1/C=C\C=C(/C)C(=O)Nc2cc(O)c([NH3+])c(c2O)C[C@@H](C)C[C@H](OC)[C@H](O)[C@@H](C)/C=C(\C)[C@@H]1OC(N)=O.[Cl-]. The fraction of sp³-hybridized carbons (Fsp3) is 0.500. The average Bonchev–Trinajstić information content (AvgIpc) is 2.88. The normalized spacial score (nSPS) is 30.1. The van der Waals surface area contributed by atoms with Crippen molar-refractivity contribution in [2.24, 2.45) is 17.6 Å². The first-order chi connectivity index (χ1) is 18.3. The summed E-state index contributed by atoms with van der Waals surface area (Å²) in [7, 11) is 2.95. The first-order valence-corrected chi connectivity index (χ1v) is 12.7. The maximum atomic E-state index is 12.8. The molecule has 0 unspecified atom stereocenters. The van der Waals surface area contributed by atoms with E-state index in [1.54, 1.807) is 32.1 Å². The van der Waals surface area contributed by atoms with E-state index in [9.17, 15) is 24.9 Å². The zero-order valence-electron chi connectivity index (χ0n) is 23.8. The minimum absolute atomic E-state index is 0. The Morgan fingerprint density at radius 3 is 2.40 bits per heavy atom. The number of quaternary nitrogens is 1. The Balaban J connectivity index is 0.00000800. The second-order valence-electron chi connectivity index (χ2n) is 10.1. The highest BCUT2D eigenvalue weighted by Crippen LogP contribution is 2.40. The number of phenolic OH excluding ortho intramolecular Hbond substituents is 2. The van der Waals surface area contributed by atoms with E-state index < -0.39 is 42.3 Å². The number of hydrogen-bond donors (Lipinski definition) is 6. The molecule has 1 aliphatic rings. The number of carbonyl (C=O) groups excluding carboxylic acids is 2. The predicted octanol–water partition coefficient (Wildman–Crippen LogP) is -0.564. The lowest BCUT2D eigenvalue weighted by Crippen LogP contribution is -3.00. The van der Waals surface area contributed by atoms with Gasteiger partial charge in [-0.2, -0.15) is 0 Å². The number of methoxy groups -OCH3 is 2. The standard InChI is InChI=1S/C28H41N3O8.ClH/c1-14-10-18-23(29)20(32)13-19(25(18)34)31-27(35)15(2)8-7-9-21(37-5)26(39-28(30)36)17(4)12-16(3)24(33)22(11-14)38-6;/h7-9,12-14,16,21-22,24,26,32-34H,10-11,29H2,1-6H3,(H2,30,36)(H,31,35);1H/b9-7-,15-8+,17-12+;/t14-,16+,21+,22+,24-,26+;/m1./s1. The number of hydrogen-bond acceptors (Lipinski definition) is 8. The molecule has 0 spiro atoms. The fourth-order valence-electron chi connectivity index (χ4n) is 4.67. The molecule has 2 amide bonds. The Morgan fingerprint density at radius 1 is 1.18 bits per heavy atom. The monoisotopic (exact) mass is 583 g/mol. The lowest BCUT2D eigenvalue weighted by molar-refractivity contribution is -0.257. The molecule has 12 heteroatoms. The van der Waals surface area contributed by atoms with E-state index in [4.69, 9.17) is 19.9 Å². The summed E-state index contributed by atoms with van der Waals surface area (Å²) in [5.74, 6) is -1.38. The van der Waals surface area contributed by atoms with E-state index in [0.717, 1.165) is 0 Å². The largest absolute Gasteiger partial charge is 1.00 e. The maximum absolute atomic E-state index is 12.8. The van der Waals surface area contributed by atoms with Crippen molar-refractivity contribution in [3.63, 3.8) is 0 Å². The zero-order valence-corrected chi connectivity index (χ0v) is 24.6. The van der Waals surface area contributed by atoms with Gasteiger partial charge in [0.15, 0.2) is 17.5 Å². The van der Waals surface area contributed by atoms with Crippen molar-refractivity contribution in [1.29, 1.82) is 0 Å². The summed E-state index contributed by atoms with van der Waals surface area (Å²) in [6.07, 6.45) is 3.08. The van der Waals surface area contributed by atoms with Crippen LogP contribution in [-0.4, -0.2) is 66.0 Å². The highest BCUT2D eigenvalue weighted by Gasteiger charge is 2.30. The van der Waals surface area contributed by atoms with Crippen LogP contribution in [0.1, 0.15) is 39.7 Å².